The molecule has 2 rings (SSSR count). The van der Waals surface area contributed by atoms with Crippen molar-refractivity contribution in [3.8, 4) is 0 Å². The molecule has 0 bridgehead atoms. The van der Waals surface area contributed by atoms with Crippen LogP contribution in [0.2, 0.25) is 0 Å². The molecule has 0 saturated carbocycles. The maximum absolute atomic E-state index is 2.16. The molecule has 0 aromatic heterocycles. The first-order valence-corrected chi connectivity index (χ1v) is 4.75. The third kappa shape index (κ3) is 4.32. The van der Waals surface area contributed by atoms with E-state index < -0.39 is 0 Å². The van der Waals surface area contributed by atoms with Gasteiger partial charge < -0.3 is 0 Å². The Morgan fingerprint density at radius 2 is 1.42 bits per heavy atom. The van der Waals surface area contributed by atoms with E-state index in [1.807, 2.05) is 36.4 Å². The van der Waals surface area contributed by atoms with E-state index in [-0.39, 0.29) is 0 Å². The molecule has 12 heavy (non-hydrogen) atoms. The Kier molecular flexibility index (Phi) is 4.74. The second-order valence-electron chi connectivity index (χ2n) is 2.48. The van der Waals surface area contributed by atoms with Crippen LogP contribution < -0.4 is 0 Å². The minimum absolute atomic E-state index is 1.17. The molecule has 1 aliphatic rings. The van der Waals surface area contributed by atoms with Gasteiger partial charge in [-0.25, -0.2) is 0 Å². The second kappa shape index (κ2) is 5.99. The van der Waals surface area contributed by atoms with Crippen molar-refractivity contribution in [1.29, 1.82) is 0 Å². The summed E-state index contributed by atoms with van der Waals surface area (Å²) < 4.78 is 1.47. The van der Waals surface area contributed by atoms with Crippen LogP contribution in [0.1, 0.15) is 6.42 Å². The van der Waals surface area contributed by atoms with E-state index in [1.54, 1.807) is 0 Å². The Morgan fingerprint density at radius 1 is 0.917 bits per heavy atom. The molecule has 59 valence electrons. The molecule has 0 amide bonds. The van der Waals surface area contributed by atoms with Gasteiger partial charge in [-0.2, -0.15) is 0 Å². The average molecular weight is 191 g/mol. The molecule has 0 atom stereocenters. The average Bonchev–Trinajstić information content (AvgIpc) is 2.60. The fraction of sp³-hybridized carbons (Fsp3) is 0.0909. The maximum Gasteiger partial charge on any atom is -0.0623 e. The summed E-state index contributed by atoms with van der Waals surface area (Å²) in [5.74, 6) is 0. The first-order chi connectivity index (χ1) is 5.89. The Bertz CT molecular complexity index is 233. The zero-order valence-electron chi connectivity index (χ0n) is 6.90. The van der Waals surface area contributed by atoms with Gasteiger partial charge in [-0.15, -0.1) is 0 Å². The number of hydrogen-bond acceptors (Lipinski definition) is 0. The molecule has 0 fully saturated rings. The van der Waals surface area contributed by atoms with E-state index in [4.69, 9.17) is 0 Å². The Labute approximate surface area is 85.4 Å². The molecule has 0 saturated heterocycles. The summed E-state index contributed by atoms with van der Waals surface area (Å²) in [6.07, 6.45) is 7.56. The second-order valence-corrected chi connectivity index (χ2v) is 3.48. The minimum atomic E-state index is 1.17. The van der Waals surface area contributed by atoms with Crippen LogP contribution in [-0.2, 0) is 20.4 Å². The van der Waals surface area contributed by atoms with Crippen LogP contribution in [-0.4, -0.2) is 0 Å². The number of benzene rings is 1. The summed E-state index contributed by atoms with van der Waals surface area (Å²) in [5.41, 5.74) is 0. The smallest absolute Gasteiger partial charge is 0.0623 e. The minimum Gasteiger partial charge on any atom is -0.0623 e. The molecule has 0 radical (unpaired) electrons. The molecular weight excluding hydrogens is 180 g/mol. The largest absolute Gasteiger partial charge is 0.0623 e. The molecule has 0 aliphatic heterocycles. The molecule has 0 spiro atoms. The first-order valence-electron chi connectivity index (χ1n) is 3.97. The van der Waals surface area contributed by atoms with Crippen molar-refractivity contribution in [3.63, 3.8) is 0 Å². The van der Waals surface area contributed by atoms with E-state index in [2.05, 4.69) is 38.7 Å². The summed E-state index contributed by atoms with van der Waals surface area (Å²) >= 11 is 2.14. The van der Waals surface area contributed by atoms with Crippen LogP contribution in [0.3, 0.4) is 0 Å². The number of allylic oxidation sites excluding steroid dienone is 4. The van der Waals surface area contributed by atoms with Crippen LogP contribution in [0.5, 0.6) is 0 Å². The maximum atomic E-state index is 2.16. The van der Waals surface area contributed by atoms with Crippen LogP contribution in [0.15, 0.2) is 58.5 Å². The van der Waals surface area contributed by atoms with E-state index >= 15 is 0 Å². The SMILES string of the molecule is [Ti][C]1=CC=CC1.c1ccccc1. The molecular formula is C11H11Ti. The monoisotopic (exact) mass is 191 g/mol. The predicted octanol–water partition coefficient (Wildman–Crippen LogP) is 3.06. The van der Waals surface area contributed by atoms with Gasteiger partial charge in [0, 0.05) is 0 Å². The molecule has 1 heteroatoms. The van der Waals surface area contributed by atoms with Gasteiger partial charge in [0.25, 0.3) is 0 Å². The Morgan fingerprint density at radius 3 is 1.58 bits per heavy atom. The molecule has 1 aromatic rings. The Balaban J connectivity index is 0.000000120. The van der Waals surface area contributed by atoms with Gasteiger partial charge in [0.05, 0.1) is 0 Å². The van der Waals surface area contributed by atoms with Crippen molar-refractivity contribution in [2.45, 2.75) is 6.42 Å². The molecule has 0 unspecified atom stereocenters. The fourth-order valence-electron chi connectivity index (χ4n) is 0.832. The van der Waals surface area contributed by atoms with Crippen molar-refractivity contribution >= 4 is 0 Å². The Hall–Kier alpha value is -0.586. The zero-order chi connectivity index (χ0) is 8.65. The fourth-order valence-corrected chi connectivity index (χ4v) is 1.17. The quantitative estimate of drug-likeness (QED) is 0.553. The topological polar surface area (TPSA) is 0 Å². The van der Waals surface area contributed by atoms with Crippen molar-refractivity contribution in [3.05, 3.63) is 58.5 Å². The van der Waals surface area contributed by atoms with Crippen molar-refractivity contribution in [2.75, 3.05) is 0 Å². The predicted molar refractivity (Wildman–Crippen MR) is 48.3 cm³/mol. The van der Waals surface area contributed by atoms with Gasteiger partial charge in [-0.05, 0) is 0 Å². The van der Waals surface area contributed by atoms with Crippen molar-refractivity contribution in [1.82, 2.24) is 0 Å². The molecule has 1 aromatic carbocycles. The van der Waals surface area contributed by atoms with E-state index in [9.17, 15) is 0 Å². The van der Waals surface area contributed by atoms with Crippen LogP contribution >= 0.6 is 0 Å². The van der Waals surface area contributed by atoms with Gasteiger partial charge in [0.15, 0.2) is 0 Å². The summed E-state index contributed by atoms with van der Waals surface area (Å²) in [6, 6.07) is 12.0. The molecule has 0 N–H and O–H groups in total. The van der Waals surface area contributed by atoms with Gasteiger partial charge >= 0.3 is 49.0 Å². The van der Waals surface area contributed by atoms with Crippen LogP contribution in [0.4, 0.5) is 0 Å². The molecule has 1 aliphatic carbocycles. The number of rotatable bonds is 0. The number of hydrogen-bond donors (Lipinski definition) is 0. The summed E-state index contributed by atoms with van der Waals surface area (Å²) in [5, 5.41) is 0. The van der Waals surface area contributed by atoms with Gasteiger partial charge in [-0.3, -0.25) is 0 Å². The van der Waals surface area contributed by atoms with Gasteiger partial charge in [0.1, 0.15) is 0 Å². The van der Waals surface area contributed by atoms with Crippen LogP contribution in [0.25, 0.3) is 0 Å². The van der Waals surface area contributed by atoms with E-state index in [0.717, 1.165) is 0 Å². The third-order valence-electron chi connectivity index (χ3n) is 1.44. The van der Waals surface area contributed by atoms with Crippen molar-refractivity contribution < 1.29 is 20.4 Å². The summed E-state index contributed by atoms with van der Waals surface area (Å²) in [4.78, 5) is 0. The van der Waals surface area contributed by atoms with Gasteiger partial charge in [-0.1, -0.05) is 36.4 Å². The zero-order valence-corrected chi connectivity index (χ0v) is 8.46. The standard InChI is InChI=1S/C6H6.C5H5.Ti/c1-2-4-6-5-3-1;1-2-4-5-3-1;/h1-6H;1-3H,4H2;. The summed E-state index contributed by atoms with van der Waals surface area (Å²) in [6.45, 7) is 0. The van der Waals surface area contributed by atoms with E-state index in [1.165, 1.54) is 10.3 Å². The first kappa shape index (κ1) is 9.50. The summed E-state index contributed by atoms with van der Waals surface area (Å²) in [7, 11) is 0. The van der Waals surface area contributed by atoms with Gasteiger partial charge in [0.2, 0.25) is 0 Å². The third-order valence-corrected chi connectivity index (χ3v) is 2.02. The van der Waals surface area contributed by atoms with E-state index in [0.29, 0.717) is 0 Å². The van der Waals surface area contributed by atoms with Crippen LogP contribution in [0, 0.1) is 0 Å². The normalized spacial score (nSPS) is 13.1. The van der Waals surface area contributed by atoms with Crippen molar-refractivity contribution in [2.24, 2.45) is 0 Å². The molecule has 0 nitrogen and oxygen atoms in total. The molecule has 0 heterocycles.